The van der Waals surface area contributed by atoms with Crippen LogP contribution >= 0.6 is 12.2 Å². The second-order valence-corrected chi connectivity index (χ2v) is 4.75. The van der Waals surface area contributed by atoms with Crippen LogP contribution in [0.25, 0.3) is 0 Å². The Balaban J connectivity index is 2.01. The highest BCUT2D eigenvalue weighted by molar-refractivity contribution is 7.80. The summed E-state index contributed by atoms with van der Waals surface area (Å²) in [6, 6.07) is 10.2. The van der Waals surface area contributed by atoms with Crippen molar-refractivity contribution in [2.75, 3.05) is 10.6 Å². The fraction of sp³-hybridized carbons (Fsp3) is 0.0667. The third kappa shape index (κ3) is 4.06. The number of thiocarbonyl (C=S) groups is 1. The number of nitrogens with one attached hydrogen (secondary N) is 2. The highest BCUT2D eigenvalue weighted by atomic mass is 32.1. The van der Waals surface area contributed by atoms with Gasteiger partial charge in [0.15, 0.2) is 22.5 Å². The Morgan fingerprint density at radius 2 is 1.52 bits per heavy atom. The Hall–Kier alpha value is -2.34. The largest absolute Gasteiger partial charge is 0.332 e. The first-order valence-electron chi connectivity index (χ1n) is 6.10. The average Bonchev–Trinajstić information content (AvgIpc) is 2.43. The lowest BCUT2D eigenvalue weighted by atomic mass is 10.1. The lowest BCUT2D eigenvalue weighted by Crippen LogP contribution is -2.19. The van der Waals surface area contributed by atoms with Gasteiger partial charge in [0, 0.05) is 23.0 Å². The van der Waals surface area contributed by atoms with E-state index in [0.29, 0.717) is 16.9 Å². The molecule has 0 atom stereocenters. The smallest absolute Gasteiger partial charge is 0.175 e. The maximum Gasteiger partial charge on any atom is 0.175 e. The van der Waals surface area contributed by atoms with Crippen molar-refractivity contribution >= 4 is 34.5 Å². The highest BCUT2D eigenvalue weighted by Crippen LogP contribution is 2.14. The summed E-state index contributed by atoms with van der Waals surface area (Å²) in [5.74, 6) is -1.89. The van der Waals surface area contributed by atoms with E-state index in [1.807, 2.05) is 0 Å². The van der Waals surface area contributed by atoms with Gasteiger partial charge in [-0.1, -0.05) is 0 Å². The Morgan fingerprint density at radius 1 is 0.952 bits per heavy atom. The van der Waals surface area contributed by atoms with Crippen molar-refractivity contribution in [2.45, 2.75) is 6.92 Å². The van der Waals surface area contributed by atoms with Crippen LogP contribution in [0, 0.1) is 11.6 Å². The fourth-order valence-corrected chi connectivity index (χ4v) is 1.89. The minimum absolute atomic E-state index is 0.0240. The maximum atomic E-state index is 13.1. The van der Waals surface area contributed by atoms with Crippen LogP contribution < -0.4 is 10.6 Å². The molecular weight excluding hydrogens is 294 g/mol. The first-order chi connectivity index (χ1) is 9.95. The van der Waals surface area contributed by atoms with Crippen molar-refractivity contribution < 1.29 is 13.6 Å². The molecule has 0 spiro atoms. The normalized spacial score (nSPS) is 10.0. The minimum atomic E-state index is -0.950. The number of Topliss-reactive ketones (excluding diaryl/α,β-unsaturated/α-hetero) is 1. The van der Waals surface area contributed by atoms with Crippen LogP contribution in [0.2, 0.25) is 0 Å². The summed E-state index contributed by atoms with van der Waals surface area (Å²) in [6.45, 7) is 1.48. The Bertz CT molecular complexity index is 687. The molecule has 0 aromatic heterocycles. The van der Waals surface area contributed by atoms with Gasteiger partial charge in [0.05, 0.1) is 0 Å². The van der Waals surface area contributed by atoms with Crippen molar-refractivity contribution in [1.29, 1.82) is 0 Å². The zero-order chi connectivity index (χ0) is 15.4. The van der Waals surface area contributed by atoms with Gasteiger partial charge >= 0.3 is 0 Å². The lowest BCUT2D eigenvalue weighted by molar-refractivity contribution is 0.101. The molecule has 108 valence electrons. The Morgan fingerprint density at radius 3 is 2.10 bits per heavy atom. The van der Waals surface area contributed by atoms with Gasteiger partial charge in [-0.25, -0.2) is 8.78 Å². The van der Waals surface area contributed by atoms with E-state index >= 15 is 0 Å². The van der Waals surface area contributed by atoms with E-state index in [-0.39, 0.29) is 10.9 Å². The van der Waals surface area contributed by atoms with Gasteiger partial charge in [0.1, 0.15) is 0 Å². The summed E-state index contributed by atoms with van der Waals surface area (Å²) in [5, 5.41) is 5.86. The topological polar surface area (TPSA) is 41.1 Å². The molecule has 3 nitrogen and oxygen atoms in total. The quantitative estimate of drug-likeness (QED) is 0.665. The summed E-state index contributed by atoms with van der Waals surface area (Å²) < 4.78 is 25.9. The molecule has 2 aromatic rings. The molecule has 21 heavy (non-hydrogen) atoms. The lowest BCUT2D eigenvalue weighted by Gasteiger charge is -2.11. The van der Waals surface area contributed by atoms with Crippen LogP contribution in [-0.4, -0.2) is 10.9 Å². The molecule has 0 bridgehead atoms. The molecule has 0 aliphatic carbocycles. The predicted molar refractivity (Wildman–Crippen MR) is 82.6 cm³/mol. The van der Waals surface area contributed by atoms with Crippen molar-refractivity contribution in [3.05, 3.63) is 59.7 Å². The summed E-state index contributed by atoms with van der Waals surface area (Å²) >= 11 is 5.07. The van der Waals surface area contributed by atoms with Crippen molar-refractivity contribution in [2.24, 2.45) is 0 Å². The van der Waals surface area contributed by atoms with Gasteiger partial charge < -0.3 is 10.6 Å². The molecule has 0 amide bonds. The Labute approximate surface area is 126 Å². The monoisotopic (exact) mass is 306 g/mol. The number of ketones is 1. The van der Waals surface area contributed by atoms with E-state index in [1.165, 1.54) is 13.0 Å². The standard InChI is InChI=1S/C15H12F2N2OS/c1-9(20)10-2-4-11(5-3-10)18-15(21)19-12-6-7-13(16)14(17)8-12/h2-8H,1H3,(H2,18,19,21). The van der Waals surface area contributed by atoms with E-state index in [9.17, 15) is 13.6 Å². The fourth-order valence-electron chi connectivity index (χ4n) is 1.66. The minimum Gasteiger partial charge on any atom is -0.332 e. The summed E-state index contributed by atoms with van der Waals surface area (Å²) in [5.41, 5.74) is 1.62. The van der Waals surface area contributed by atoms with Crippen LogP contribution in [0.3, 0.4) is 0 Å². The van der Waals surface area contributed by atoms with E-state index < -0.39 is 11.6 Å². The number of carbonyl (C=O) groups is 1. The molecule has 0 saturated heterocycles. The first kappa shape index (κ1) is 15.1. The molecule has 2 N–H and O–H groups in total. The maximum absolute atomic E-state index is 13.1. The van der Waals surface area contributed by atoms with Gasteiger partial charge in [0.25, 0.3) is 0 Å². The van der Waals surface area contributed by atoms with E-state index in [2.05, 4.69) is 10.6 Å². The summed E-state index contributed by atoms with van der Waals surface area (Å²) in [4.78, 5) is 11.2. The highest BCUT2D eigenvalue weighted by Gasteiger charge is 2.05. The first-order valence-corrected chi connectivity index (χ1v) is 6.50. The van der Waals surface area contributed by atoms with Crippen molar-refractivity contribution in [3.8, 4) is 0 Å². The number of hydrogen-bond acceptors (Lipinski definition) is 2. The molecule has 0 saturated carbocycles. The molecule has 2 rings (SSSR count). The van der Waals surface area contributed by atoms with Crippen LogP contribution in [0.5, 0.6) is 0 Å². The van der Waals surface area contributed by atoms with Crippen molar-refractivity contribution in [1.82, 2.24) is 0 Å². The van der Waals surface area contributed by atoms with E-state index in [0.717, 1.165) is 12.1 Å². The number of anilines is 2. The van der Waals surface area contributed by atoms with Crippen LogP contribution in [0.15, 0.2) is 42.5 Å². The average molecular weight is 306 g/mol. The predicted octanol–water partition coefficient (Wildman–Crippen LogP) is 3.98. The van der Waals surface area contributed by atoms with Gasteiger partial charge in [-0.3, -0.25) is 4.79 Å². The summed E-state index contributed by atoms with van der Waals surface area (Å²) in [7, 11) is 0. The molecular formula is C15H12F2N2OS. The van der Waals surface area contributed by atoms with Crippen molar-refractivity contribution in [3.63, 3.8) is 0 Å². The molecule has 0 unspecified atom stereocenters. The molecule has 6 heteroatoms. The zero-order valence-electron chi connectivity index (χ0n) is 11.1. The number of halogens is 2. The molecule has 0 radical (unpaired) electrons. The van der Waals surface area contributed by atoms with Gasteiger partial charge in [-0.05, 0) is 55.5 Å². The molecule has 0 aliphatic heterocycles. The number of hydrogen-bond donors (Lipinski definition) is 2. The second kappa shape index (κ2) is 6.41. The summed E-state index contributed by atoms with van der Waals surface area (Å²) in [6.07, 6.45) is 0. The van der Waals surface area contributed by atoms with Crippen LogP contribution in [-0.2, 0) is 0 Å². The third-order valence-electron chi connectivity index (χ3n) is 2.73. The number of benzene rings is 2. The number of rotatable bonds is 3. The van der Waals surface area contributed by atoms with Gasteiger partial charge in [0.2, 0.25) is 0 Å². The molecule has 0 aliphatic rings. The van der Waals surface area contributed by atoms with Gasteiger partial charge in [-0.15, -0.1) is 0 Å². The van der Waals surface area contributed by atoms with Crippen LogP contribution in [0.4, 0.5) is 20.2 Å². The molecule has 0 heterocycles. The number of carbonyl (C=O) groups excluding carboxylic acids is 1. The van der Waals surface area contributed by atoms with E-state index in [4.69, 9.17) is 12.2 Å². The Kier molecular flexibility index (Phi) is 4.59. The second-order valence-electron chi connectivity index (χ2n) is 4.34. The van der Waals surface area contributed by atoms with E-state index in [1.54, 1.807) is 24.3 Å². The zero-order valence-corrected chi connectivity index (χ0v) is 11.9. The third-order valence-corrected chi connectivity index (χ3v) is 2.93. The molecule has 0 fully saturated rings. The molecule has 2 aromatic carbocycles. The SMILES string of the molecule is CC(=O)c1ccc(NC(=S)Nc2ccc(F)c(F)c2)cc1. The van der Waals surface area contributed by atoms with Gasteiger partial charge in [-0.2, -0.15) is 0 Å². The van der Waals surface area contributed by atoms with Crippen LogP contribution in [0.1, 0.15) is 17.3 Å².